The summed E-state index contributed by atoms with van der Waals surface area (Å²) in [6, 6.07) is 11.5. The zero-order valence-corrected chi connectivity index (χ0v) is 15.0. The summed E-state index contributed by atoms with van der Waals surface area (Å²) in [6.07, 6.45) is 3.55. The van der Waals surface area contributed by atoms with Crippen LogP contribution in [0.2, 0.25) is 0 Å². The molecule has 0 saturated heterocycles. The van der Waals surface area contributed by atoms with Crippen molar-refractivity contribution in [1.29, 1.82) is 0 Å². The Bertz CT molecular complexity index is 861. The molecule has 2 aromatic heterocycles. The number of carbonyl (C=O) groups excluding carboxylic acids is 1. The number of pyridine rings is 1. The minimum Gasteiger partial charge on any atom is -0.320 e. The number of benzene rings is 1. The van der Waals surface area contributed by atoms with Crippen LogP contribution in [0.5, 0.6) is 0 Å². The minimum atomic E-state index is -0.539. The Morgan fingerprint density at radius 3 is 2.56 bits per heavy atom. The van der Waals surface area contributed by atoms with Gasteiger partial charge in [0, 0.05) is 23.3 Å². The molecule has 0 aliphatic rings. The highest BCUT2D eigenvalue weighted by molar-refractivity contribution is 7.14. The Morgan fingerprint density at radius 2 is 1.84 bits per heavy atom. The number of amides is 1. The van der Waals surface area contributed by atoms with E-state index in [2.05, 4.69) is 27.4 Å². The summed E-state index contributed by atoms with van der Waals surface area (Å²) in [5.41, 5.74) is 9.90. The average Bonchev–Trinajstić information content (AvgIpc) is 3.10. The van der Waals surface area contributed by atoms with E-state index in [1.807, 2.05) is 43.5 Å². The first-order valence-electron chi connectivity index (χ1n) is 8.07. The number of rotatable bonds is 5. The van der Waals surface area contributed by atoms with E-state index in [9.17, 15) is 4.79 Å². The molecule has 2 heterocycles. The molecular weight excluding hydrogens is 332 g/mol. The van der Waals surface area contributed by atoms with Crippen molar-refractivity contribution in [1.82, 2.24) is 9.97 Å². The third-order valence-corrected chi connectivity index (χ3v) is 4.69. The van der Waals surface area contributed by atoms with Crippen molar-refractivity contribution in [2.24, 2.45) is 11.7 Å². The van der Waals surface area contributed by atoms with E-state index in [-0.39, 0.29) is 11.8 Å². The molecule has 0 saturated carbocycles. The normalized spacial score (nSPS) is 12.2. The minimum absolute atomic E-state index is 0.0801. The molecule has 3 aromatic rings. The van der Waals surface area contributed by atoms with Crippen molar-refractivity contribution in [2.75, 3.05) is 5.32 Å². The molecule has 1 amide bonds. The van der Waals surface area contributed by atoms with Crippen LogP contribution in [-0.4, -0.2) is 21.9 Å². The molecule has 1 aromatic carbocycles. The third kappa shape index (κ3) is 4.10. The molecular formula is C19H20N4OS. The van der Waals surface area contributed by atoms with Gasteiger partial charge in [-0.2, -0.15) is 0 Å². The first-order chi connectivity index (χ1) is 12.0. The lowest BCUT2D eigenvalue weighted by Gasteiger charge is -2.13. The predicted molar refractivity (Wildman–Crippen MR) is 102 cm³/mol. The van der Waals surface area contributed by atoms with E-state index in [0.29, 0.717) is 5.13 Å². The second-order valence-corrected chi connectivity index (χ2v) is 6.97. The van der Waals surface area contributed by atoms with Crippen molar-refractivity contribution >= 4 is 22.4 Å². The summed E-state index contributed by atoms with van der Waals surface area (Å²) in [7, 11) is 0. The summed E-state index contributed by atoms with van der Waals surface area (Å²) >= 11 is 1.39. The maximum absolute atomic E-state index is 12.1. The molecule has 0 aliphatic heterocycles. The van der Waals surface area contributed by atoms with Crippen LogP contribution in [-0.2, 0) is 4.79 Å². The summed E-state index contributed by atoms with van der Waals surface area (Å²) in [5.74, 6) is -0.127. The predicted octanol–water partition coefficient (Wildman–Crippen LogP) is 3.79. The van der Waals surface area contributed by atoms with Crippen LogP contribution < -0.4 is 11.1 Å². The number of hydrogen-bond donors (Lipinski definition) is 2. The quantitative estimate of drug-likeness (QED) is 0.732. The Balaban J connectivity index is 1.80. The van der Waals surface area contributed by atoms with Crippen molar-refractivity contribution in [2.45, 2.75) is 19.9 Å². The maximum atomic E-state index is 12.1. The number of nitrogens with two attached hydrogens (primary N) is 1. The van der Waals surface area contributed by atoms with Crippen molar-refractivity contribution in [3.05, 3.63) is 54.2 Å². The standard InChI is InChI=1S/C19H20N4OS/c1-12(2)17(20)18(24)23-19-22-16(11-25-19)15-5-3-4-14(10-15)13-6-8-21-9-7-13/h3-12,17H,20H2,1-2H3,(H,22,23,24)/t17-/m0/s1. The number of aromatic nitrogens is 2. The van der Waals surface area contributed by atoms with E-state index >= 15 is 0 Å². The monoisotopic (exact) mass is 352 g/mol. The molecule has 6 heteroatoms. The second kappa shape index (κ2) is 7.55. The molecule has 3 rings (SSSR count). The SMILES string of the molecule is CC(C)[C@H](N)C(=O)Nc1nc(-c2cccc(-c3ccncc3)c2)cs1. The Labute approximate surface area is 151 Å². The molecule has 0 unspecified atom stereocenters. The molecule has 0 spiro atoms. The van der Waals surface area contributed by atoms with Crippen LogP contribution in [0.1, 0.15) is 13.8 Å². The number of hydrogen-bond acceptors (Lipinski definition) is 5. The molecule has 0 radical (unpaired) electrons. The van der Waals surface area contributed by atoms with Crippen LogP contribution in [0.25, 0.3) is 22.4 Å². The number of thiazole rings is 1. The van der Waals surface area contributed by atoms with E-state index in [1.165, 1.54) is 11.3 Å². The lowest BCUT2D eigenvalue weighted by Crippen LogP contribution is -2.39. The number of carbonyl (C=O) groups is 1. The van der Waals surface area contributed by atoms with Crippen LogP contribution in [0.3, 0.4) is 0 Å². The van der Waals surface area contributed by atoms with E-state index in [0.717, 1.165) is 22.4 Å². The Hall–Kier alpha value is -2.57. The van der Waals surface area contributed by atoms with Gasteiger partial charge in [0.15, 0.2) is 5.13 Å². The van der Waals surface area contributed by atoms with Gasteiger partial charge in [0.2, 0.25) is 5.91 Å². The molecule has 25 heavy (non-hydrogen) atoms. The average molecular weight is 352 g/mol. The molecule has 0 bridgehead atoms. The zero-order valence-electron chi connectivity index (χ0n) is 14.1. The fourth-order valence-electron chi connectivity index (χ4n) is 2.36. The van der Waals surface area contributed by atoms with E-state index in [1.54, 1.807) is 12.4 Å². The highest BCUT2D eigenvalue weighted by Gasteiger charge is 2.18. The van der Waals surface area contributed by atoms with Crippen LogP contribution in [0.15, 0.2) is 54.2 Å². The van der Waals surface area contributed by atoms with Crippen molar-refractivity contribution < 1.29 is 4.79 Å². The van der Waals surface area contributed by atoms with Crippen molar-refractivity contribution in [3.8, 4) is 22.4 Å². The lowest BCUT2D eigenvalue weighted by molar-refractivity contribution is -0.118. The van der Waals surface area contributed by atoms with Gasteiger partial charge in [-0.25, -0.2) is 4.98 Å². The number of nitrogens with zero attached hydrogens (tertiary/aromatic N) is 2. The summed E-state index contributed by atoms with van der Waals surface area (Å²) in [4.78, 5) is 20.6. The number of nitrogens with one attached hydrogen (secondary N) is 1. The van der Waals surface area contributed by atoms with Crippen LogP contribution >= 0.6 is 11.3 Å². The van der Waals surface area contributed by atoms with Crippen LogP contribution in [0, 0.1) is 5.92 Å². The van der Waals surface area contributed by atoms with Gasteiger partial charge in [-0.15, -0.1) is 11.3 Å². The van der Waals surface area contributed by atoms with Gasteiger partial charge >= 0.3 is 0 Å². The third-order valence-electron chi connectivity index (χ3n) is 3.93. The van der Waals surface area contributed by atoms with Gasteiger partial charge in [-0.1, -0.05) is 32.0 Å². The summed E-state index contributed by atoms with van der Waals surface area (Å²) in [6.45, 7) is 3.84. The smallest absolute Gasteiger partial charge is 0.243 e. The van der Waals surface area contributed by atoms with E-state index < -0.39 is 6.04 Å². The molecule has 0 aliphatic carbocycles. The van der Waals surface area contributed by atoms with Gasteiger partial charge < -0.3 is 11.1 Å². The summed E-state index contributed by atoms with van der Waals surface area (Å²) in [5, 5.41) is 5.29. The summed E-state index contributed by atoms with van der Waals surface area (Å²) < 4.78 is 0. The fraction of sp³-hybridized carbons (Fsp3) is 0.211. The van der Waals surface area contributed by atoms with E-state index in [4.69, 9.17) is 5.73 Å². The van der Waals surface area contributed by atoms with Gasteiger partial charge in [0.25, 0.3) is 0 Å². The molecule has 128 valence electrons. The largest absolute Gasteiger partial charge is 0.320 e. The molecule has 0 fully saturated rings. The topological polar surface area (TPSA) is 80.9 Å². The van der Waals surface area contributed by atoms with Gasteiger partial charge in [-0.05, 0) is 35.2 Å². The first kappa shape index (κ1) is 17.3. The fourth-order valence-corrected chi connectivity index (χ4v) is 3.08. The second-order valence-electron chi connectivity index (χ2n) is 6.11. The van der Waals surface area contributed by atoms with Gasteiger partial charge in [-0.3, -0.25) is 9.78 Å². The van der Waals surface area contributed by atoms with Crippen molar-refractivity contribution in [3.63, 3.8) is 0 Å². The number of anilines is 1. The highest BCUT2D eigenvalue weighted by Crippen LogP contribution is 2.28. The Morgan fingerprint density at radius 1 is 1.12 bits per heavy atom. The maximum Gasteiger partial charge on any atom is 0.243 e. The molecule has 3 N–H and O–H groups in total. The van der Waals surface area contributed by atoms with Crippen LogP contribution in [0.4, 0.5) is 5.13 Å². The Kier molecular flexibility index (Phi) is 5.21. The molecule has 5 nitrogen and oxygen atoms in total. The van der Waals surface area contributed by atoms with Gasteiger partial charge in [0.05, 0.1) is 11.7 Å². The zero-order chi connectivity index (χ0) is 17.8. The highest BCUT2D eigenvalue weighted by atomic mass is 32.1. The lowest BCUT2D eigenvalue weighted by atomic mass is 10.0. The first-order valence-corrected chi connectivity index (χ1v) is 8.95. The molecule has 1 atom stereocenters. The van der Waals surface area contributed by atoms with Gasteiger partial charge in [0.1, 0.15) is 0 Å².